The molecular formula is C19H16BrClN4OS. The number of allylic oxidation sites excluding steroid dienone is 1. The summed E-state index contributed by atoms with van der Waals surface area (Å²) < 4.78 is 2.86. The van der Waals surface area contributed by atoms with Gasteiger partial charge in [-0.15, -0.1) is 16.8 Å². The van der Waals surface area contributed by atoms with E-state index in [9.17, 15) is 4.79 Å². The summed E-state index contributed by atoms with van der Waals surface area (Å²) >= 11 is 10.8. The Labute approximate surface area is 175 Å². The van der Waals surface area contributed by atoms with Crippen LogP contribution in [0.3, 0.4) is 0 Å². The smallest absolute Gasteiger partial charge is 0.234 e. The van der Waals surface area contributed by atoms with Crippen molar-refractivity contribution in [1.82, 2.24) is 14.8 Å². The minimum atomic E-state index is -0.141. The number of benzene rings is 2. The SMILES string of the molecule is C=CCn1c(SCC(=O)Nc2cccc(Cl)c2)nnc1-c1ccccc1Br. The van der Waals surface area contributed by atoms with Crippen LogP contribution in [-0.2, 0) is 11.3 Å². The molecule has 1 aromatic heterocycles. The number of nitrogens with zero attached hydrogens (tertiary/aromatic N) is 3. The summed E-state index contributed by atoms with van der Waals surface area (Å²) in [7, 11) is 0. The van der Waals surface area contributed by atoms with Crippen molar-refractivity contribution in [2.75, 3.05) is 11.1 Å². The van der Waals surface area contributed by atoms with Gasteiger partial charge in [0.1, 0.15) is 0 Å². The molecule has 0 aliphatic rings. The van der Waals surface area contributed by atoms with Crippen LogP contribution in [0.5, 0.6) is 0 Å². The van der Waals surface area contributed by atoms with Crippen molar-refractivity contribution in [3.8, 4) is 11.4 Å². The van der Waals surface area contributed by atoms with Gasteiger partial charge in [0.15, 0.2) is 11.0 Å². The molecule has 3 aromatic rings. The maximum Gasteiger partial charge on any atom is 0.234 e. The van der Waals surface area contributed by atoms with Crippen molar-refractivity contribution in [2.45, 2.75) is 11.7 Å². The standard InChI is InChI=1S/C19H16BrClN4OS/c1-2-10-25-18(15-8-3-4-9-16(15)20)23-24-19(25)27-12-17(26)22-14-7-5-6-13(21)11-14/h2-9,11H,1,10,12H2,(H,22,26). The zero-order valence-corrected chi connectivity index (χ0v) is 17.4. The maximum atomic E-state index is 12.2. The van der Waals surface area contributed by atoms with E-state index in [4.69, 9.17) is 11.6 Å². The third kappa shape index (κ3) is 5.00. The monoisotopic (exact) mass is 462 g/mol. The maximum absolute atomic E-state index is 12.2. The highest BCUT2D eigenvalue weighted by molar-refractivity contribution is 9.10. The molecule has 138 valence electrons. The zero-order valence-electron chi connectivity index (χ0n) is 14.2. The van der Waals surface area contributed by atoms with Gasteiger partial charge in [0.25, 0.3) is 0 Å². The van der Waals surface area contributed by atoms with Gasteiger partial charge in [0.05, 0.1) is 5.75 Å². The van der Waals surface area contributed by atoms with E-state index in [-0.39, 0.29) is 11.7 Å². The first-order chi connectivity index (χ1) is 13.1. The summed E-state index contributed by atoms with van der Waals surface area (Å²) in [4.78, 5) is 12.2. The Kier molecular flexibility index (Phi) is 6.71. The highest BCUT2D eigenvalue weighted by Gasteiger charge is 2.16. The number of rotatable bonds is 7. The number of amides is 1. The van der Waals surface area contributed by atoms with Crippen molar-refractivity contribution in [2.24, 2.45) is 0 Å². The van der Waals surface area contributed by atoms with Crippen LogP contribution in [0, 0.1) is 0 Å². The molecule has 27 heavy (non-hydrogen) atoms. The number of hydrogen-bond donors (Lipinski definition) is 1. The molecule has 0 radical (unpaired) electrons. The minimum Gasteiger partial charge on any atom is -0.325 e. The molecule has 0 bridgehead atoms. The zero-order chi connectivity index (χ0) is 19.2. The van der Waals surface area contributed by atoms with E-state index in [0.717, 1.165) is 15.9 Å². The van der Waals surface area contributed by atoms with Crippen LogP contribution in [0.2, 0.25) is 5.02 Å². The van der Waals surface area contributed by atoms with E-state index in [2.05, 4.69) is 38.0 Å². The molecule has 0 spiro atoms. The molecule has 0 fully saturated rings. The van der Waals surface area contributed by atoms with Crippen LogP contribution in [0.1, 0.15) is 0 Å². The number of halogens is 2. The fourth-order valence-electron chi connectivity index (χ4n) is 2.42. The lowest BCUT2D eigenvalue weighted by atomic mass is 10.2. The van der Waals surface area contributed by atoms with Crippen LogP contribution in [0.4, 0.5) is 5.69 Å². The fourth-order valence-corrected chi connectivity index (χ4v) is 3.82. The van der Waals surface area contributed by atoms with Crippen LogP contribution in [0.25, 0.3) is 11.4 Å². The fraction of sp³-hybridized carbons (Fsp3) is 0.105. The lowest BCUT2D eigenvalue weighted by molar-refractivity contribution is -0.113. The molecule has 1 amide bonds. The van der Waals surface area contributed by atoms with E-state index in [1.807, 2.05) is 28.8 Å². The van der Waals surface area contributed by atoms with Gasteiger partial charge in [-0.2, -0.15) is 0 Å². The largest absolute Gasteiger partial charge is 0.325 e. The Hall–Kier alpha value is -2.09. The molecule has 5 nitrogen and oxygen atoms in total. The third-order valence-corrected chi connectivity index (χ3v) is 5.48. The van der Waals surface area contributed by atoms with E-state index < -0.39 is 0 Å². The summed E-state index contributed by atoms with van der Waals surface area (Å²) in [6, 6.07) is 14.8. The molecule has 0 aliphatic heterocycles. The Morgan fingerprint density at radius 3 is 2.81 bits per heavy atom. The van der Waals surface area contributed by atoms with Crippen molar-refractivity contribution >= 4 is 50.9 Å². The molecule has 8 heteroatoms. The Morgan fingerprint density at radius 2 is 2.07 bits per heavy atom. The summed E-state index contributed by atoms with van der Waals surface area (Å²) in [6.45, 7) is 4.35. The summed E-state index contributed by atoms with van der Waals surface area (Å²) in [5, 5.41) is 12.6. The van der Waals surface area contributed by atoms with Crippen molar-refractivity contribution in [3.05, 3.63) is 70.7 Å². The lowest BCUT2D eigenvalue weighted by Gasteiger charge is -2.09. The molecule has 0 saturated heterocycles. The molecule has 1 N–H and O–H groups in total. The van der Waals surface area contributed by atoms with Gasteiger partial charge in [-0.25, -0.2) is 0 Å². The minimum absolute atomic E-state index is 0.141. The van der Waals surface area contributed by atoms with Gasteiger partial charge < -0.3 is 5.32 Å². The second-order valence-corrected chi connectivity index (χ2v) is 7.77. The quantitative estimate of drug-likeness (QED) is 0.383. The Morgan fingerprint density at radius 1 is 1.26 bits per heavy atom. The molecule has 0 aliphatic carbocycles. The third-order valence-electron chi connectivity index (χ3n) is 3.58. The number of aromatic nitrogens is 3. The normalized spacial score (nSPS) is 10.6. The molecule has 2 aromatic carbocycles. The average Bonchev–Trinajstić information content (AvgIpc) is 3.03. The van der Waals surface area contributed by atoms with Gasteiger partial charge in [-0.05, 0) is 24.3 Å². The molecule has 1 heterocycles. The highest BCUT2D eigenvalue weighted by Crippen LogP contribution is 2.29. The van der Waals surface area contributed by atoms with Crippen LogP contribution >= 0.6 is 39.3 Å². The van der Waals surface area contributed by atoms with E-state index >= 15 is 0 Å². The van der Waals surface area contributed by atoms with Crippen LogP contribution in [-0.4, -0.2) is 26.4 Å². The molecule has 0 saturated carbocycles. The van der Waals surface area contributed by atoms with Gasteiger partial charge in [0.2, 0.25) is 5.91 Å². The van der Waals surface area contributed by atoms with Gasteiger partial charge in [0, 0.05) is 27.3 Å². The summed E-state index contributed by atoms with van der Waals surface area (Å²) in [5.41, 5.74) is 1.59. The summed E-state index contributed by atoms with van der Waals surface area (Å²) in [6.07, 6.45) is 1.78. The molecule has 3 rings (SSSR count). The number of carbonyl (C=O) groups is 1. The number of hydrogen-bond acceptors (Lipinski definition) is 4. The van der Waals surface area contributed by atoms with E-state index in [1.165, 1.54) is 11.8 Å². The topological polar surface area (TPSA) is 59.8 Å². The first-order valence-electron chi connectivity index (χ1n) is 8.05. The second-order valence-electron chi connectivity index (χ2n) is 5.53. The predicted molar refractivity (Wildman–Crippen MR) is 114 cm³/mol. The Balaban J connectivity index is 1.74. The number of anilines is 1. The number of thioether (sulfide) groups is 1. The highest BCUT2D eigenvalue weighted by atomic mass is 79.9. The first-order valence-corrected chi connectivity index (χ1v) is 10.2. The number of nitrogens with one attached hydrogen (secondary N) is 1. The van der Waals surface area contributed by atoms with Crippen molar-refractivity contribution in [3.63, 3.8) is 0 Å². The van der Waals surface area contributed by atoms with Crippen LogP contribution in [0.15, 0.2) is 70.8 Å². The molecule has 0 unspecified atom stereocenters. The predicted octanol–water partition coefficient (Wildman–Crippen LogP) is 5.28. The molecule has 0 atom stereocenters. The molecular weight excluding hydrogens is 448 g/mol. The lowest BCUT2D eigenvalue weighted by Crippen LogP contribution is -2.14. The average molecular weight is 464 g/mol. The van der Waals surface area contributed by atoms with Gasteiger partial charge in [-0.1, -0.05) is 69.6 Å². The second kappa shape index (κ2) is 9.21. The van der Waals surface area contributed by atoms with Gasteiger partial charge >= 0.3 is 0 Å². The van der Waals surface area contributed by atoms with E-state index in [1.54, 1.807) is 30.3 Å². The Bertz CT molecular complexity index is 976. The van der Waals surface area contributed by atoms with Crippen molar-refractivity contribution < 1.29 is 4.79 Å². The summed E-state index contributed by atoms with van der Waals surface area (Å²) in [5.74, 6) is 0.788. The number of carbonyl (C=O) groups excluding carboxylic acids is 1. The van der Waals surface area contributed by atoms with Gasteiger partial charge in [-0.3, -0.25) is 9.36 Å². The first kappa shape index (κ1) is 19.7. The van der Waals surface area contributed by atoms with Crippen LogP contribution < -0.4 is 5.32 Å². The van der Waals surface area contributed by atoms with E-state index in [0.29, 0.717) is 22.4 Å². The van der Waals surface area contributed by atoms with Crippen molar-refractivity contribution in [1.29, 1.82) is 0 Å².